The number of hydrogen-bond donors (Lipinski definition) is 4. The summed E-state index contributed by atoms with van der Waals surface area (Å²) in [5.74, 6) is 0.391. The van der Waals surface area contributed by atoms with Crippen molar-refractivity contribution in [3.63, 3.8) is 0 Å². The normalized spacial score (nSPS) is 10.9. The Hall–Kier alpha value is -4.12. The molecule has 0 spiro atoms. The van der Waals surface area contributed by atoms with Crippen LogP contribution in [0, 0.1) is 0 Å². The van der Waals surface area contributed by atoms with Gasteiger partial charge in [0, 0.05) is 11.3 Å². The molecule has 1 amide bonds. The third-order valence-electron chi connectivity index (χ3n) is 4.07. The van der Waals surface area contributed by atoms with Crippen LogP contribution >= 0.6 is 11.3 Å². The van der Waals surface area contributed by atoms with Crippen LogP contribution in [-0.4, -0.2) is 41.3 Å². The summed E-state index contributed by atoms with van der Waals surface area (Å²) in [6.07, 6.45) is 4.59. The largest absolute Gasteiger partial charge is 0.341 e. The molecule has 5 aromatic rings. The number of rotatable bonds is 5. The fourth-order valence-electron chi connectivity index (χ4n) is 2.71. The van der Waals surface area contributed by atoms with Crippen molar-refractivity contribution in [2.75, 3.05) is 10.6 Å². The summed E-state index contributed by atoms with van der Waals surface area (Å²) in [7, 11) is 0. The van der Waals surface area contributed by atoms with Gasteiger partial charge in [-0.3, -0.25) is 9.89 Å². The van der Waals surface area contributed by atoms with Gasteiger partial charge in [-0.2, -0.15) is 5.10 Å². The molecule has 0 radical (unpaired) electrons. The highest BCUT2D eigenvalue weighted by Crippen LogP contribution is 2.29. The van der Waals surface area contributed by atoms with Crippen LogP contribution in [0.15, 0.2) is 55.1 Å². The molecular formula is C18H13N9OS. The fourth-order valence-corrected chi connectivity index (χ4v) is 3.46. The van der Waals surface area contributed by atoms with E-state index in [4.69, 9.17) is 0 Å². The molecule has 11 heteroatoms. The monoisotopic (exact) mass is 403 g/mol. The molecule has 0 saturated heterocycles. The first-order chi connectivity index (χ1) is 14.2. The molecule has 4 N–H and O–H groups in total. The van der Waals surface area contributed by atoms with E-state index in [9.17, 15) is 4.79 Å². The zero-order valence-electron chi connectivity index (χ0n) is 14.7. The molecule has 0 aliphatic heterocycles. The van der Waals surface area contributed by atoms with E-state index >= 15 is 0 Å². The SMILES string of the molecule is O=C(Nc1cccc(-c2nnc(Nc3ccc4[nH]ncc4n3)s2)c1)c1cnc[nH]1. The lowest BCUT2D eigenvalue weighted by Crippen LogP contribution is -2.12. The van der Waals surface area contributed by atoms with Gasteiger partial charge < -0.3 is 15.6 Å². The Bertz CT molecular complexity index is 1290. The Kier molecular flexibility index (Phi) is 4.18. The maximum Gasteiger partial charge on any atom is 0.273 e. The van der Waals surface area contributed by atoms with Gasteiger partial charge in [-0.25, -0.2) is 9.97 Å². The minimum absolute atomic E-state index is 0.264. The predicted octanol–water partition coefficient (Wildman–Crippen LogP) is 3.20. The van der Waals surface area contributed by atoms with Crippen LogP contribution in [-0.2, 0) is 0 Å². The molecule has 0 fully saturated rings. The molecule has 0 aliphatic carbocycles. The number of imidazole rings is 1. The maximum absolute atomic E-state index is 12.2. The molecule has 0 aliphatic rings. The number of amides is 1. The van der Waals surface area contributed by atoms with Crippen molar-refractivity contribution < 1.29 is 4.79 Å². The van der Waals surface area contributed by atoms with Gasteiger partial charge >= 0.3 is 0 Å². The molecule has 0 saturated carbocycles. The molecule has 0 unspecified atom stereocenters. The van der Waals surface area contributed by atoms with E-state index in [1.165, 1.54) is 23.9 Å². The highest BCUT2D eigenvalue weighted by molar-refractivity contribution is 7.18. The first kappa shape index (κ1) is 17.0. The molecule has 1 aromatic carbocycles. The molecule has 10 nitrogen and oxygen atoms in total. The summed E-state index contributed by atoms with van der Waals surface area (Å²) in [5.41, 5.74) is 3.51. The predicted molar refractivity (Wildman–Crippen MR) is 109 cm³/mol. The Balaban J connectivity index is 1.34. The maximum atomic E-state index is 12.2. The van der Waals surface area contributed by atoms with Gasteiger partial charge in [-0.15, -0.1) is 10.2 Å². The van der Waals surface area contributed by atoms with E-state index in [2.05, 4.69) is 46.0 Å². The minimum atomic E-state index is -0.264. The van der Waals surface area contributed by atoms with Gasteiger partial charge in [-0.1, -0.05) is 23.5 Å². The van der Waals surface area contributed by atoms with E-state index < -0.39 is 0 Å². The van der Waals surface area contributed by atoms with Gasteiger partial charge in [0.1, 0.15) is 22.0 Å². The van der Waals surface area contributed by atoms with E-state index in [-0.39, 0.29) is 5.91 Å². The molecule has 142 valence electrons. The van der Waals surface area contributed by atoms with E-state index in [0.717, 1.165) is 21.6 Å². The van der Waals surface area contributed by atoms with Gasteiger partial charge in [-0.05, 0) is 24.3 Å². The summed E-state index contributed by atoms with van der Waals surface area (Å²) in [5, 5.41) is 22.6. The summed E-state index contributed by atoms with van der Waals surface area (Å²) in [4.78, 5) is 23.3. The highest BCUT2D eigenvalue weighted by Gasteiger charge is 2.11. The zero-order chi connectivity index (χ0) is 19.6. The van der Waals surface area contributed by atoms with Crippen LogP contribution in [0.2, 0.25) is 0 Å². The summed E-state index contributed by atoms with van der Waals surface area (Å²) in [6.45, 7) is 0. The summed E-state index contributed by atoms with van der Waals surface area (Å²) >= 11 is 1.39. The first-order valence-corrected chi connectivity index (χ1v) is 9.37. The third kappa shape index (κ3) is 3.53. The van der Waals surface area contributed by atoms with Gasteiger partial charge in [0.15, 0.2) is 0 Å². The van der Waals surface area contributed by atoms with E-state index in [0.29, 0.717) is 22.3 Å². The average Bonchev–Trinajstić information content (AvgIpc) is 3.49. The Morgan fingerprint density at radius 1 is 1.10 bits per heavy atom. The van der Waals surface area contributed by atoms with Crippen LogP contribution in [0.25, 0.3) is 21.6 Å². The number of hydrogen-bond acceptors (Lipinski definition) is 8. The van der Waals surface area contributed by atoms with Crippen molar-refractivity contribution in [1.29, 1.82) is 0 Å². The topological polar surface area (TPSA) is 137 Å². The smallest absolute Gasteiger partial charge is 0.273 e. The lowest BCUT2D eigenvalue weighted by atomic mass is 10.2. The number of nitrogens with one attached hydrogen (secondary N) is 4. The van der Waals surface area contributed by atoms with Crippen LogP contribution < -0.4 is 10.6 Å². The molecule has 0 atom stereocenters. The first-order valence-electron chi connectivity index (χ1n) is 8.55. The second-order valence-electron chi connectivity index (χ2n) is 6.04. The number of aromatic nitrogens is 7. The van der Waals surface area contributed by atoms with Crippen molar-refractivity contribution in [2.24, 2.45) is 0 Å². The van der Waals surface area contributed by atoms with Crippen LogP contribution in [0.5, 0.6) is 0 Å². The highest BCUT2D eigenvalue weighted by atomic mass is 32.1. The van der Waals surface area contributed by atoms with Gasteiger partial charge in [0.2, 0.25) is 5.13 Å². The van der Waals surface area contributed by atoms with Crippen LogP contribution in [0.4, 0.5) is 16.6 Å². The lowest BCUT2D eigenvalue weighted by Gasteiger charge is -2.04. The van der Waals surface area contributed by atoms with Crippen molar-refractivity contribution in [3.8, 4) is 10.6 Å². The third-order valence-corrected chi connectivity index (χ3v) is 4.95. The van der Waals surface area contributed by atoms with Gasteiger partial charge in [0.05, 0.1) is 24.2 Å². The average molecular weight is 403 g/mol. The molecule has 5 rings (SSSR count). The standard InChI is InChI=1S/C18H13N9OS/c28-16(14-7-19-9-20-14)22-11-3-1-2-10(6-11)17-26-27-18(29-17)24-15-5-4-12-13(23-15)8-21-25-12/h1-9H,(H,19,20)(H,21,25)(H,22,28)(H,23,24,27). The van der Waals surface area contributed by atoms with E-state index in [1.54, 1.807) is 6.20 Å². The second-order valence-corrected chi connectivity index (χ2v) is 7.01. The number of anilines is 3. The Morgan fingerprint density at radius 2 is 2.07 bits per heavy atom. The van der Waals surface area contributed by atoms with Crippen LogP contribution in [0.3, 0.4) is 0 Å². The number of carbonyl (C=O) groups is 1. The Labute approximate surface area is 167 Å². The number of fused-ring (bicyclic) bond motifs is 1. The number of pyridine rings is 1. The molecule has 29 heavy (non-hydrogen) atoms. The lowest BCUT2D eigenvalue weighted by molar-refractivity contribution is 0.102. The number of carbonyl (C=O) groups excluding carboxylic acids is 1. The minimum Gasteiger partial charge on any atom is -0.341 e. The number of nitrogens with zero attached hydrogens (tertiary/aromatic N) is 5. The van der Waals surface area contributed by atoms with Crippen LogP contribution in [0.1, 0.15) is 10.5 Å². The zero-order valence-corrected chi connectivity index (χ0v) is 15.6. The Morgan fingerprint density at radius 3 is 2.97 bits per heavy atom. The summed E-state index contributed by atoms with van der Waals surface area (Å²) < 4.78 is 0. The number of H-pyrrole nitrogens is 2. The van der Waals surface area contributed by atoms with Crippen molar-refractivity contribution in [3.05, 3.63) is 60.8 Å². The summed E-state index contributed by atoms with van der Waals surface area (Å²) in [6, 6.07) is 11.1. The molecule has 4 heterocycles. The number of benzene rings is 1. The fraction of sp³-hybridized carbons (Fsp3) is 0. The van der Waals surface area contributed by atoms with Crippen molar-refractivity contribution >= 4 is 44.9 Å². The van der Waals surface area contributed by atoms with Gasteiger partial charge in [0.25, 0.3) is 5.91 Å². The number of aromatic amines is 2. The van der Waals surface area contributed by atoms with E-state index in [1.807, 2.05) is 36.4 Å². The second kappa shape index (κ2) is 7.13. The molecule has 4 aromatic heterocycles. The molecule has 0 bridgehead atoms. The van der Waals surface area contributed by atoms with Crippen molar-refractivity contribution in [2.45, 2.75) is 0 Å². The van der Waals surface area contributed by atoms with Crippen molar-refractivity contribution in [1.82, 2.24) is 35.3 Å². The molecular weight excluding hydrogens is 390 g/mol. The quantitative estimate of drug-likeness (QED) is 0.354.